The number of aliphatic carboxylic acids is 1. The second kappa shape index (κ2) is 13.4. The van der Waals surface area contributed by atoms with Gasteiger partial charge in [-0.15, -0.1) is 0 Å². The lowest BCUT2D eigenvalue weighted by Crippen LogP contribution is -2.70. The zero-order chi connectivity index (χ0) is 31.7. The SMILES string of the molecule is CC(C)C[C@H](NC(=O)[C@H](CC(C)C)NC(=O)CCC(=O)O[C@@H]1O[C@@H]2O[C@@]3(C)CC[C@H]4[C@H](C)CC[C@@H]([C@H]1C)[C@@]24OO3)C(=O)O. The molecule has 1 saturated carbocycles. The van der Waals surface area contributed by atoms with E-state index in [9.17, 15) is 24.3 Å². The van der Waals surface area contributed by atoms with E-state index in [1.54, 1.807) is 0 Å². The topological polar surface area (TPSA) is 159 Å². The highest BCUT2D eigenvalue weighted by molar-refractivity contribution is 5.91. The van der Waals surface area contributed by atoms with Gasteiger partial charge in [0, 0.05) is 24.7 Å². The van der Waals surface area contributed by atoms with Crippen molar-refractivity contribution < 1.29 is 48.3 Å². The van der Waals surface area contributed by atoms with Crippen LogP contribution in [-0.4, -0.2) is 64.9 Å². The number of rotatable bonds is 12. The average Bonchev–Trinajstić information content (AvgIpc) is 3.14. The molecule has 5 aliphatic rings. The normalized spacial score (nSPS) is 36.3. The van der Waals surface area contributed by atoms with Gasteiger partial charge in [0.1, 0.15) is 12.1 Å². The Balaban J connectivity index is 1.34. The first-order chi connectivity index (χ1) is 20.1. The van der Waals surface area contributed by atoms with Crippen molar-refractivity contribution in [3.8, 4) is 0 Å². The van der Waals surface area contributed by atoms with Gasteiger partial charge in [0.2, 0.25) is 23.9 Å². The van der Waals surface area contributed by atoms with Crippen molar-refractivity contribution in [3.05, 3.63) is 0 Å². The lowest BCUT2D eigenvalue weighted by molar-refractivity contribution is -0.576. The molecule has 0 unspecified atom stereocenters. The Morgan fingerprint density at radius 2 is 1.58 bits per heavy atom. The van der Waals surface area contributed by atoms with Gasteiger partial charge in [0.05, 0.1) is 6.42 Å². The van der Waals surface area contributed by atoms with Gasteiger partial charge in [-0.1, -0.05) is 41.5 Å². The number of nitrogens with one attached hydrogen (secondary N) is 2. The van der Waals surface area contributed by atoms with Crippen molar-refractivity contribution >= 4 is 23.8 Å². The molecule has 1 spiro atoms. The van der Waals surface area contributed by atoms with Crippen LogP contribution in [0.5, 0.6) is 0 Å². The van der Waals surface area contributed by atoms with Crippen molar-refractivity contribution in [1.82, 2.24) is 10.6 Å². The Hall–Kier alpha value is -2.28. The number of fused-ring (bicyclic) bond motifs is 2. The average molecular weight is 611 g/mol. The van der Waals surface area contributed by atoms with E-state index in [1.807, 2.05) is 41.5 Å². The van der Waals surface area contributed by atoms with E-state index >= 15 is 0 Å². The summed E-state index contributed by atoms with van der Waals surface area (Å²) < 4.78 is 18.4. The van der Waals surface area contributed by atoms with E-state index in [4.69, 9.17) is 24.0 Å². The third kappa shape index (κ3) is 7.34. The molecule has 2 bridgehead atoms. The molecule has 4 heterocycles. The second-order valence-corrected chi connectivity index (χ2v) is 14.0. The van der Waals surface area contributed by atoms with Crippen LogP contribution in [0.25, 0.3) is 0 Å². The smallest absolute Gasteiger partial charge is 0.326 e. The summed E-state index contributed by atoms with van der Waals surface area (Å²) in [5.41, 5.74) is -0.767. The number of carbonyl (C=O) groups excluding carboxylic acids is 3. The second-order valence-electron chi connectivity index (χ2n) is 14.0. The minimum atomic E-state index is -1.13. The van der Waals surface area contributed by atoms with Gasteiger partial charge >= 0.3 is 11.9 Å². The number of ether oxygens (including phenoxy) is 3. The quantitative estimate of drug-likeness (QED) is 0.220. The lowest BCUT2D eigenvalue weighted by atomic mass is 9.58. The van der Waals surface area contributed by atoms with E-state index < -0.39 is 59.8 Å². The first-order valence-electron chi connectivity index (χ1n) is 15.9. The summed E-state index contributed by atoms with van der Waals surface area (Å²) in [5, 5.41) is 14.7. The number of esters is 1. The summed E-state index contributed by atoms with van der Waals surface area (Å²) in [5.74, 6) is -3.21. The van der Waals surface area contributed by atoms with Crippen LogP contribution in [0, 0.1) is 35.5 Å². The molecule has 4 saturated heterocycles. The molecular weight excluding hydrogens is 560 g/mol. The Morgan fingerprint density at radius 3 is 2.23 bits per heavy atom. The Bertz CT molecular complexity index is 1050. The van der Waals surface area contributed by atoms with Crippen molar-refractivity contribution in [2.75, 3.05) is 0 Å². The molecule has 0 aromatic rings. The fourth-order valence-electron chi connectivity index (χ4n) is 7.35. The summed E-state index contributed by atoms with van der Waals surface area (Å²) in [7, 11) is 0. The highest BCUT2D eigenvalue weighted by Crippen LogP contribution is 2.60. The van der Waals surface area contributed by atoms with Crippen LogP contribution in [0.3, 0.4) is 0 Å². The molecule has 12 nitrogen and oxygen atoms in total. The molecule has 0 aromatic heterocycles. The monoisotopic (exact) mass is 610 g/mol. The van der Waals surface area contributed by atoms with Gasteiger partial charge in [-0.05, 0) is 62.7 Å². The van der Waals surface area contributed by atoms with Crippen LogP contribution in [0.2, 0.25) is 0 Å². The first kappa shape index (κ1) is 33.6. The van der Waals surface area contributed by atoms with Gasteiger partial charge in [-0.3, -0.25) is 14.4 Å². The molecule has 12 heteroatoms. The largest absolute Gasteiger partial charge is 0.480 e. The van der Waals surface area contributed by atoms with Gasteiger partial charge in [0.15, 0.2) is 11.9 Å². The maximum absolute atomic E-state index is 12.9. The summed E-state index contributed by atoms with van der Waals surface area (Å²) in [6.45, 7) is 13.6. The first-order valence-corrected chi connectivity index (χ1v) is 15.9. The molecule has 5 fully saturated rings. The summed E-state index contributed by atoms with van der Waals surface area (Å²) in [6, 6.07) is -1.98. The minimum Gasteiger partial charge on any atom is -0.480 e. The highest BCUT2D eigenvalue weighted by Gasteiger charge is 2.69. The van der Waals surface area contributed by atoms with Crippen LogP contribution in [0.15, 0.2) is 0 Å². The molecule has 0 radical (unpaired) electrons. The van der Waals surface area contributed by atoms with Crippen LogP contribution >= 0.6 is 0 Å². The van der Waals surface area contributed by atoms with E-state index in [-0.39, 0.29) is 48.9 Å². The van der Waals surface area contributed by atoms with Crippen molar-refractivity contribution in [3.63, 3.8) is 0 Å². The maximum Gasteiger partial charge on any atom is 0.326 e. The number of hydrogen-bond acceptors (Lipinski definition) is 9. The van der Waals surface area contributed by atoms with Crippen LogP contribution in [0.1, 0.15) is 99.8 Å². The molecule has 3 N–H and O–H groups in total. The Kier molecular flexibility index (Phi) is 10.5. The summed E-state index contributed by atoms with van der Waals surface area (Å²) in [4.78, 5) is 62.3. The molecule has 2 amide bonds. The molecule has 5 rings (SSSR count). The molecular formula is C31H50N2O10. The maximum atomic E-state index is 12.9. The third-order valence-corrected chi connectivity index (χ3v) is 9.58. The van der Waals surface area contributed by atoms with Gasteiger partial charge in [0.25, 0.3) is 0 Å². The molecule has 43 heavy (non-hydrogen) atoms. The van der Waals surface area contributed by atoms with E-state index in [1.165, 1.54) is 0 Å². The van der Waals surface area contributed by atoms with E-state index in [0.29, 0.717) is 18.8 Å². The van der Waals surface area contributed by atoms with Gasteiger partial charge in [-0.2, -0.15) is 0 Å². The number of carboxylic acid groups (broad SMARTS) is 1. The van der Waals surface area contributed by atoms with Gasteiger partial charge < -0.3 is 30.0 Å². The minimum absolute atomic E-state index is 0.00294. The fraction of sp³-hybridized carbons (Fsp3) is 0.871. The molecule has 4 aliphatic heterocycles. The van der Waals surface area contributed by atoms with E-state index in [0.717, 1.165) is 19.3 Å². The summed E-state index contributed by atoms with van der Waals surface area (Å²) >= 11 is 0. The van der Waals surface area contributed by atoms with Crippen molar-refractivity contribution in [1.29, 1.82) is 0 Å². The van der Waals surface area contributed by atoms with Crippen LogP contribution < -0.4 is 10.6 Å². The molecule has 10 atom stereocenters. The number of carbonyl (C=O) groups is 4. The van der Waals surface area contributed by atoms with Gasteiger partial charge in [-0.25, -0.2) is 14.6 Å². The zero-order valence-corrected chi connectivity index (χ0v) is 26.6. The zero-order valence-electron chi connectivity index (χ0n) is 26.6. The Labute approximate surface area is 254 Å². The van der Waals surface area contributed by atoms with E-state index in [2.05, 4.69) is 17.6 Å². The predicted molar refractivity (Wildman–Crippen MR) is 153 cm³/mol. The van der Waals surface area contributed by atoms with Crippen LogP contribution in [-0.2, 0) is 43.2 Å². The standard InChI is InChI=1S/C31H50N2O10/c1-16(2)14-22(26(36)33-23(27(37)38)15-17(3)4)32-24(34)10-11-25(35)39-28-19(6)21-9-8-18(5)20-12-13-30(7)41-29(40-28)31(20,21)43-42-30/h16-23,28-29H,8-15H2,1-7H3,(H,32,34)(H,33,36)(H,37,38)/t18-,19-,20+,21+,22+,23+,28-,29-,30-,31-/m1/s1. The highest BCUT2D eigenvalue weighted by atomic mass is 17.3. The van der Waals surface area contributed by atoms with Crippen molar-refractivity contribution in [2.24, 2.45) is 35.5 Å². The third-order valence-electron chi connectivity index (χ3n) is 9.58. The fourth-order valence-corrected chi connectivity index (χ4v) is 7.35. The number of hydrogen-bond donors (Lipinski definition) is 3. The van der Waals surface area contributed by atoms with Crippen LogP contribution in [0.4, 0.5) is 0 Å². The molecule has 1 aliphatic carbocycles. The lowest BCUT2D eigenvalue weighted by Gasteiger charge is -2.59. The number of carboxylic acids is 1. The molecule has 0 aromatic carbocycles. The Morgan fingerprint density at radius 1 is 0.907 bits per heavy atom. The molecule has 244 valence electrons. The number of amides is 2. The van der Waals surface area contributed by atoms with Crippen molar-refractivity contribution in [2.45, 2.75) is 136 Å². The predicted octanol–water partition coefficient (Wildman–Crippen LogP) is 3.66. The summed E-state index contributed by atoms with van der Waals surface area (Å²) in [6.07, 6.45) is 2.01.